The molecule has 0 radical (unpaired) electrons. The summed E-state index contributed by atoms with van der Waals surface area (Å²) in [5.74, 6) is 0.301. The van der Waals surface area contributed by atoms with Gasteiger partial charge in [0.1, 0.15) is 5.67 Å². The van der Waals surface area contributed by atoms with Crippen molar-refractivity contribution in [2.45, 2.75) is 46.7 Å². The molecule has 0 fully saturated rings. The summed E-state index contributed by atoms with van der Waals surface area (Å²) in [5, 5.41) is 0. The Bertz CT molecular complexity index is 94.9. The van der Waals surface area contributed by atoms with Crippen LogP contribution in [0.5, 0.6) is 0 Å². The summed E-state index contributed by atoms with van der Waals surface area (Å²) in [7, 11) is 0. The number of hydrogen-bond acceptors (Lipinski definition) is 0. The molecule has 0 aromatic heterocycles. The molecule has 0 nitrogen and oxygen atoms in total. The van der Waals surface area contributed by atoms with Crippen LogP contribution in [0, 0.1) is 11.8 Å². The van der Waals surface area contributed by atoms with E-state index in [4.69, 9.17) is 0 Å². The van der Waals surface area contributed by atoms with E-state index in [2.05, 4.69) is 0 Å². The zero-order valence-corrected chi connectivity index (χ0v) is 7.74. The monoisotopic (exact) mass is 146 g/mol. The minimum absolute atomic E-state index is 0.127. The maximum absolute atomic E-state index is 13.6. The molecule has 2 unspecified atom stereocenters. The molecule has 10 heavy (non-hydrogen) atoms. The van der Waals surface area contributed by atoms with Crippen LogP contribution < -0.4 is 0 Å². The molecule has 0 saturated heterocycles. The molecule has 0 spiro atoms. The third kappa shape index (κ3) is 1.96. The van der Waals surface area contributed by atoms with Crippen LogP contribution in [0.2, 0.25) is 0 Å². The Morgan fingerprint density at radius 1 is 1.30 bits per heavy atom. The second-order valence-electron chi connectivity index (χ2n) is 3.62. The van der Waals surface area contributed by atoms with Crippen LogP contribution in [0.15, 0.2) is 0 Å². The number of hydrogen-bond donors (Lipinski definition) is 0. The molecule has 0 aliphatic heterocycles. The van der Waals surface area contributed by atoms with E-state index in [0.717, 1.165) is 6.42 Å². The molecule has 1 heteroatoms. The predicted octanol–water partition coefficient (Wildman–Crippen LogP) is 3.42. The lowest BCUT2D eigenvalue weighted by Gasteiger charge is -2.30. The van der Waals surface area contributed by atoms with Crippen LogP contribution in [0.4, 0.5) is 4.39 Å². The Labute approximate surface area is 63.8 Å². The Kier molecular flexibility index (Phi) is 3.34. The fourth-order valence-electron chi connectivity index (χ4n) is 0.968. The number of alkyl halides is 1. The third-order valence-corrected chi connectivity index (χ3v) is 2.70. The minimum atomic E-state index is -0.991. The van der Waals surface area contributed by atoms with Crippen molar-refractivity contribution in [1.29, 1.82) is 0 Å². The van der Waals surface area contributed by atoms with Crippen LogP contribution in [0.1, 0.15) is 41.0 Å². The molecule has 62 valence electrons. The maximum Gasteiger partial charge on any atom is 0.113 e. The topological polar surface area (TPSA) is 0 Å². The lowest BCUT2D eigenvalue weighted by molar-refractivity contribution is 0.0566. The van der Waals surface area contributed by atoms with Gasteiger partial charge >= 0.3 is 0 Å². The molecule has 0 bridgehead atoms. The first-order valence-electron chi connectivity index (χ1n) is 4.11. The summed E-state index contributed by atoms with van der Waals surface area (Å²) < 4.78 is 13.6. The quantitative estimate of drug-likeness (QED) is 0.572. The van der Waals surface area contributed by atoms with E-state index in [0.29, 0.717) is 0 Å². The Morgan fingerprint density at radius 2 is 1.70 bits per heavy atom. The highest BCUT2D eigenvalue weighted by Crippen LogP contribution is 2.31. The van der Waals surface area contributed by atoms with Gasteiger partial charge in [0.05, 0.1) is 0 Å². The van der Waals surface area contributed by atoms with Crippen LogP contribution in [0.25, 0.3) is 0 Å². The Balaban J connectivity index is 4.09. The average Bonchev–Trinajstić information content (AvgIpc) is 1.86. The van der Waals surface area contributed by atoms with E-state index >= 15 is 0 Å². The van der Waals surface area contributed by atoms with Crippen LogP contribution >= 0.6 is 0 Å². The summed E-state index contributed by atoms with van der Waals surface area (Å²) in [6.07, 6.45) is 0.922. The van der Waals surface area contributed by atoms with Gasteiger partial charge in [0, 0.05) is 0 Å². The van der Waals surface area contributed by atoms with E-state index < -0.39 is 5.67 Å². The summed E-state index contributed by atoms with van der Waals surface area (Å²) in [5.41, 5.74) is -0.991. The molecular weight excluding hydrogens is 127 g/mol. The number of rotatable bonds is 3. The second kappa shape index (κ2) is 3.36. The lowest BCUT2D eigenvalue weighted by atomic mass is 9.82. The van der Waals surface area contributed by atoms with Crippen molar-refractivity contribution in [2.24, 2.45) is 11.8 Å². The Hall–Kier alpha value is -0.0700. The summed E-state index contributed by atoms with van der Waals surface area (Å²) in [6.45, 7) is 9.58. The highest BCUT2D eigenvalue weighted by atomic mass is 19.1. The van der Waals surface area contributed by atoms with Crippen LogP contribution in [-0.4, -0.2) is 5.67 Å². The predicted molar refractivity (Wildman–Crippen MR) is 43.8 cm³/mol. The van der Waals surface area contributed by atoms with Crippen molar-refractivity contribution in [3.63, 3.8) is 0 Å². The van der Waals surface area contributed by atoms with E-state index in [9.17, 15) is 4.39 Å². The van der Waals surface area contributed by atoms with Crippen molar-refractivity contribution in [2.75, 3.05) is 0 Å². The van der Waals surface area contributed by atoms with Gasteiger partial charge in [-0.3, -0.25) is 0 Å². The highest BCUT2D eigenvalue weighted by Gasteiger charge is 2.32. The molecule has 0 aromatic rings. The largest absolute Gasteiger partial charge is 0.244 e. The first kappa shape index (κ1) is 9.93. The van der Waals surface area contributed by atoms with E-state index in [1.54, 1.807) is 6.92 Å². The van der Waals surface area contributed by atoms with Crippen molar-refractivity contribution < 1.29 is 4.39 Å². The van der Waals surface area contributed by atoms with E-state index in [1.807, 2.05) is 27.7 Å². The minimum Gasteiger partial charge on any atom is -0.244 e. The lowest BCUT2D eigenvalue weighted by Crippen LogP contribution is -2.33. The van der Waals surface area contributed by atoms with Gasteiger partial charge in [-0.15, -0.1) is 0 Å². The second-order valence-corrected chi connectivity index (χ2v) is 3.62. The SMILES string of the molecule is CCC(C)C(C)(F)C(C)C. The molecule has 0 aliphatic carbocycles. The molecule has 0 aromatic carbocycles. The van der Waals surface area contributed by atoms with Crippen molar-refractivity contribution in [3.05, 3.63) is 0 Å². The van der Waals surface area contributed by atoms with Gasteiger partial charge in [-0.25, -0.2) is 4.39 Å². The van der Waals surface area contributed by atoms with E-state index in [1.165, 1.54) is 0 Å². The van der Waals surface area contributed by atoms with Gasteiger partial charge < -0.3 is 0 Å². The first-order chi connectivity index (χ1) is 4.42. The molecule has 0 amide bonds. The van der Waals surface area contributed by atoms with Crippen molar-refractivity contribution >= 4 is 0 Å². The van der Waals surface area contributed by atoms with Gasteiger partial charge in [-0.05, 0) is 18.8 Å². The van der Waals surface area contributed by atoms with Gasteiger partial charge in [0.15, 0.2) is 0 Å². The summed E-state index contributed by atoms with van der Waals surface area (Å²) in [4.78, 5) is 0. The zero-order chi connectivity index (χ0) is 8.36. The fraction of sp³-hybridized carbons (Fsp3) is 1.00. The van der Waals surface area contributed by atoms with Gasteiger partial charge in [0.25, 0.3) is 0 Å². The van der Waals surface area contributed by atoms with Crippen molar-refractivity contribution in [3.8, 4) is 0 Å². The molecular formula is C9H19F. The highest BCUT2D eigenvalue weighted by molar-refractivity contribution is 4.81. The molecule has 0 aliphatic rings. The average molecular weight is 146 g/mol. The van der Waals surface area contributed by atoms with Crippen LogP contribution in [-0.2, 0) is 0 Å². The zero-order valence-electron chi connectivity index (χ0n) is 7.74. The first-order valence-corrected chi connectivity index (χ1v) is 4.11. The van der Waals surface area contributed by atoms with Gasteiger partial charge in [-0.2, -0.15) is 0 Å². The van der Waals surface area contributed by atoms with Crippen LogP contribution in [0.3, 0.4) is 0 Å². The maximum atomic E-state index is 13.6. The van der Waals surface area contributed by atoms with Crippen molar-refractivity contribution in [1.82, 2.24) is 0 Å². The number of halogens is 1. The summed E-state index contributed by atoms with van der Waals surface area (Å²) in [6, 6.07) is 0. The molecule has 0 N–H and O–H groups in total. The van der Waals surface area contributed by atoms with E-state index in [-0.39, 0.29) is 11.8 Å². The third-order valence-electron chi connectivity index (χ3n) is 2.70. The Morgan fingerprint density at radius 3 is 1.80 bits per heavy atom. The summed E-state index contributed by atoms with van der Waals surface area (Å²) >= 11 is 0. The molecule has 0 saturated carbocycles. The molecule has 0 heterocycles. The molecule has 2 atom stereocenters. The van der Waals surface area contributed by atoms with Gasteiger partial charge in [-0.1, -0.05) is 34.1 Å². The standard InChI is InChI=1S/C9H19F/c1-6-8(4)9(5,10)7(2)3/h7-8H,6H2,1-5H3. The smallest absolute Gasteiger partial charge is 0.113 e. The molecule has 0 rings (SSSR count). The fourth-order valence-corrected chi connectivity index (χ4v) is 0.968. The normalized spacial score (nSPS) is 20.7. The van der Waals surface area contributed by atoms with Gasteiger partial charge in [0.2, 0.25) is 0 Å².